The van der Waals surface area contributed by atoms with Crippen LogP contribution in [0.15, 0.2) is 49.8 Å². The van der Waals surface area contributed by atoms with Crippen molar-refractivity contribution in [3.63, 3.8) is 0 Å². The van der Waals surface area contributed by atoms with E-state index in [-0.39, 0.29) is 5.41 Å². The van der Waals surface area contributed by atoms with Crippen LogP contribution in [0.2, 0.25) is 0 Å². The van der Waals surface area contributed by atoms with E-state index in [1.165, 1.54) is 24.1 Å². The third-order valence-corrected chi connectivity index (χ3v) is 3.81. The van der Waals surface area contributed by atoms with Crippen LogP contribution in [0.3, 0.4) is 0 Å². The second-order valence-electron chi connectivity index (χ2n) is 5.12. The van der Waals surface area contributed by atoms with Gasteiger partial charge in [-0.2, -0.15) is 0 Å². The molecule has 2 atom stereocenters. The molecular weight excluding hydrogens is 234 g/mol. The van der Waals surface area contributed by atoms with Crippen LogP contribution in [0.1, 0.15) is 38.7 Å². The predicted octanol–water partition coefficient (Wildman–Crippen LogP) is 4.80. The number of aliphatic hydroxyl groups excluding tert-OH is 1. The first kappa shape index (κ1) is 15.4. The summed E-state index contributed by atoms with van der Waals surface area (Å²) in [7, 11) is 0. The summed E-state index contributed by atoms with van der Waals surface area (Å²) in [5, 5.41) is 11.0. The number of aliphatic hydroxyl groups is 1. The Bertz CT molecular complexity index is 427. The molecule has 0 spiro atoms. The average Bonchev–Trinajstić information content (AvgIpc) is 2.66. The van der Waals surface area contributed by atoms with E-state index in [4.69, 9.17) is 5.11 Å². The standard InChI is InChI=1S/C15H21N.C2H4O/c1-4-8-14-15(3,11-5-2)12-9-6-7-10-13(12)16-14;1-2-3/h4,6-7,9-10,14,16H,1,5,8,11H2,2-3H3;2-3H,1H2. The van der Waals surface area contributed by atoms with E-state index in [9.17, 15) is 0 Å². The fourth-order valence-electron chi connectivity index (χ4n) is 2.96. The summed E-state index contributed by atoms with van der Waals surface area (Å²) in [6, 6.07) is 9.20. The number of anilines is 1. The third-order valence-electron chi connectivity index (χ3n) is 3.81. The van der Waals surface area contributed by atoms with Crippen LogP contribution in [0.25, 0.3) is 0 Å². The number of fused-ring (bicyclic) bond motifs is 1. The van der Waals surface area contributed by atoms with E-state index in [1.807, 2.05) is 6.08 Å². The van der Waals surface area contributed by atoms with Gasteiger partial charge in [0.2, 0.25) is 0 Å². The lowest BCUT2D eigenvalue weighted by molar-refractivity contribution is 0.385. The average molecular weight is 259 g/mol. The fourth-order valence-corrected chi connectivity index (χ4v) is 2.96. The summed E-state index contributed by atoms with van der Waals surface area (Å²) < 4.78 is 0. The molecule has 0 aromatic heterocycles. The second kappa shape index (κ2) is 7.03. The molecule has 2 nitrogen and oxygen atoms in total. The van der Waals surface area contributed by atoms with Crippen molar-refractivity contribution in [3.8, 4) is 0 Å². The number of hydrogen-bond donors (Lipinski definition) is 2. The molecule has 0 saturated carbocycles. The molecule has 2 rings (SSSR count). The van der Waals surface area contributed by atoms with Gasteiger partial charge in [0.05, 0.1) is 6.26 Å². The van der Waals surface area contributed by atoms with Crippen molar-refractivity contribution in [1.82, 2.24) is 0 Å². The van der Waals surface area contributed by atoms with Gasteiger partial charge in [0.25, 0.3) is 0 Å². The molecule has 0 aliphatic carbocycles. The molecule has 1 aromatic rings. The molecule has 2 unspecified atom stereocenters. The Kier molecular flexibility index (Phi) is 5.68. The maximum atomic E-state index is 7.33. The van der Waals surface area contributed by atoms with Gasteiger partial charge in [0.1, 0.15) is 0 Å². The zero-order valence-corrected chi connectivity index (χ0v) is 12.0. The van der Waals surface area contributed by atoms with Gasteiger partial charge in [0.15, 0.2) is 0 Å². The van der Waals surface area contributed by atoms with Crippen LogP contribution in [0, 0.1) is 0 Å². The Morgan fingerprint density at radius 3 is 2.58 bits per heavy atom. The summed E-state index contributed by atoms with van der Waals surface area (Å²) in [6.07, 6.45) is 6.26. The summed E-state index contributed by atoms with van der Waals surface area (Å²) in [6.45, 7) is 11.4. The highest BCUT2D eigenvalue weighted by Gasteiger charge is 2.41. The van der Waals surface area contributed by atoms with Crippen LogP contribution in [-0.2, 0) is 5.41 Å². The molecule has 1 aliphatic rings. The van der Waals surface area contributed by atoms with Gasteiger partial charge < -0.3 is 10.4 Å². The van der Waals surface area contributed by atoms with Crippen LogP contribution < -0.4 is 5.32 Å². The van der Waals surface area contributed by atoms with Crippen molar-refractivity contribution < 1.29 is 5.11 Å². The highest BCUT2D eigenvalue weighted by Crippen LogP contribution is 2.45. The van der Waals surface area contributed by atoms with E-state index in [1.54, 1.807) is 0 Å². The minimum Gasteiger partial charge on any atom is -0.516 e. The van der Waals surface area contributed by atoms with Crippen LogP contribution in [0.4, 0.5) is 5.69 Å². The number of nitrogens with one attached hydrogen (secondary N) is 1. The van der Waals surface area contributed by atoms with Gasteiger partial charge in [-0.25, -0.2) is 0 Å². The summed E-state index contributed by atoms with van der Waals surface area (Å²) in [5.74, 6) is 0. The first-order chi connectivity index (χ1) is 9.13. The van der Waals surface area contributed by atoms with Crippen LogP contribution >= 0.6 is 0 Å². The van der Waals surface area contributed by atoms with Gasteiger partial charge in [-0.3, -0.25) is 0 Å². The molecule has 0 radical (unpaired) electrons. The molecule has 2 N–H and O–H groups in total. The summed E-state index contributed by atoms with van der Waals surface area (Å²) in [5.41, 5.74) is 3.05. The van der Waals surface area contributed by atoms with Crippen LogP contribution in [0.5, 0.6) is 0 Å². The number of hydrogen-bond acceptors (Lipinski definition) is 2. The van der Waals surface area contributed by atoms with Gasteiger partial charge in [-0.15, -0.1) is 6.58 Å². The van der Waals surface area contributed by atoms with Gasteiger partial charge in [-0.05, 0) is 24.5 Å². The largest absolute Gasteiger partial charge is 0.516 e. The molecule has 104 valence electrons. The number of para-hydroxylation sites is 1. The maximum Gasteiger partial charge on any atom is 0.0719 e. The van der Waals surface area contributed by atoms with Crippen molar-refractivity contribution in [2.45, 2.75) is 44.6 Å². The Morgan fingerprint density at radius 1 is 1.37 bits per heavy atom. The van der Waals surface area contributed by atoms with Crippen molar-refractivity contribution in [3.05, 3.63) is 55.3 Å². The Labute approximate surface area is 116 Å². The first-order valence-corrected chi connectivity index (χ1v) is 6.86. The Hall–Kier alpha value is -1.70. The Morgan fingerprint density at radius 2 is 2.00 bits per heavy atom. The van der Waals surface area contributed by atoms with Crippen molar-refractivity contribution in [2.24, 2.45) is 0 Å². The molecule has 0 amide bonds. The third kappa shape index (κ3) is 3.19. The van der Waals surface area contributed by atoms with E-state index in [0.717, 1.165) is 12.7 Å². The lowest BCUT2D eigenvalue weighted by Crippen LogP contribution is -2.35. The lowest BCUT2D eigenvalue weighted by atomic mass is 9.74. The topological polar surface area (TPSA) is 32.3 Å². The zero-order chi connectivity index (χ0) is 14.3. The molecule has 19 heavy (non-hydrogen) atoms. The van der Waals surface area contributed by atoms with Gasteiger partial charge in [-0.1, -0.05) is 51.1 Å². The SMILES string of the molecule is C=CCC1Nc2ccccc2C1(C)CCC.C=CO. The highest BCUT2D eigenvalue weighted by atomic mass is 16.2. The molecular formula is C17H25NO. The molecule has 2 heteroatoms. The monoisotopic (exact) mass is 259 g/mol. The first-order valence-electron chi connectivity index (χ1n) is 6.86. The molecule has 0 fully saturated rings. The van der Waals surface area contributed by atoms with Gasteiger partial charge >= 0.3 is 0 Å². The normalized spacial score (nSPS) is 23.6. The number of benzene rings is 1. The molecule has 1 aromatic carbocycles. The molecule has 0 bridgehead atoms. The molecule has 1 heterocycles. The van der Waals surface area contributed by atoms with E-state index in [2.05, 4.69) is 56.6 Å². The Balaban J connectivity index is 0.000000550. The number of rotatable bonds is 4. The van der Waals surface area contributed by atoms with E-state index >= 15 is 0 Å². The summed E-state index contributed by atoms with van der Waals surface area (Å²) in [4.78, 5) is 0. The zero-order valence-electron chi connectivity index (χ0n) is 12.0. The second-order valence-corrected chi connectivity index (χ2v) is 5.12. The van der Waals surface area contributed by atoms with Crippen LogP contribution in [-0.4, -0.2) is 11.1 Å². The predicted molar refractivity (Wildman–Crippen MR) is 83.8 cm³/mol. The fraction of sp³-hybridized carbons (Fsp3) is 0.412. The van der Waals surface area contributed by atoms with E-state index in [0.29, 0.717) is 6.04 Å². The van der Waals surface area contributed by atoms with Gasteiger partial charge in [0, 0.05) is 17.1 Å². The minimum atomic E-state index is 0.263. The van der Waals surface area contributed by atoms with E-state index < -0.39 is 0 Å². The maximum absolute atomic E-state index is 7.33. The minimum absolute atomic E-state index is 0.263. The van der Waals surface area contributed by atoms with Crippen molar-refractivity contribution >= 4 is 5.69 Å². The van der Waals surface area contributed by atoms with Crippen molar-refractivity contribution in [2.75, 3.05) is 5.32 Å². The lowest BCUT2D eigenvalue weighted by Gasteiger charge is -2.31. The molecule has 0 saturated heterocycles. The highest BCUT2D eigenvalue weighted by molar-refractivity contribution is 5.61. The summed E-state index contributed by atoms with van der Waals surface area (Å²) >= 11 is 0. The molecule has 1 aliphatic heterocycles. The quantitative estimate of drug-likeness (QED) is 0.601. The smallest absolute Gasteiger partial charge is 0.0719 e. The van der Waals surface area contributed by atoms with Crippen molar-refractivity contribution in [1.29, 1.82) is 0 Å².